The Kier molecular flexibility index (Phi) is 3.78. The summed E-state index contributed by atoms with van der Waals surface area (Å²) in [5.74, 6) is 0.699. The molecule has 2 nitrogen and oxygen atoms in total. The lowest BCUT2D eigenvalue weighted by Gasteiger charge is -2.08. The fourth-order valence-electron chi connectivity index (χ4n) is 1.07. The van der Waals surface area contributed by atoms with Gasteiger partial charge in [0.2, 0.25) is 0 Å². The molecule has 0 unspecified atom stereocenters. The summed E-state index contributed by atoms with van der Waals surface area (Å²) in [7, 11) is 0. The number of halogens is 1. The Morgan fingerprint density at radius 1 is 1.54 bits per heavy atom. The van der Waals surface area contributed by atoms with Crippen molar-refractivity contribution in [2.75, 3.05) is 11.9 Å². The number of aryl methyl sites for hydroxylation is 1. The molecule has 0 aliphatic rings. The van der Waals surface area contributed by atoms with Gasteiger partial charge in [-0.25, -0.2) is 0 Å². The molecular weight excluding hydrogens is 230 g/mol. The number of nitrogens with zero attached hydrogens (tertiary/aromatic N) is 1. The lowest BCUT2D eigenvalue weighted by atomic mass is 10.1. The van der Waals surface area contributed by atoms with E-state index in [1.807, 2.05) is 19.1 Å². The average Bonchev–Trinajstić information content (AvgIpc) is 2.15. The number of rotatable bonds is 3. The molecule has 0 aliphatic heterocycles. The van der Waals surface area contributed by atoms with Crippen molar-refractivity contribution < 1.29 is 4.74 Å². The number of benzene rings is 1. The van der Waals surface area contributed by atoms with Gasteiger partial charge in [0.1, 0.15) is 11.8 Å². The molecule has 0 saturated heterocycles. The number of hydrogen-bond acceptors (Lipinski definition) is 2. The molecule has 1 aromatic rings. The standard InChI is InChI=1S/C10H10BrNO/c1-8-3-2-4-9(7-12)10(8)13-6-5-11/h2-4H,5-6H2,1H3. The van der Waals surface area contributed by atoms with E-state index in [9.17, 15) is 0 Å². The van der Waals surface area contributed by atoms with E-state index >= 15 is 0 Å². The summed E-state index contributed by atoms with van der Waals surface area (Å²) in [5.41, 5.74) is 1.60. The van der Waals surface area contributed by atoms with Crippen molar-refractivity contribution in [2.24, 2.45) is 0 Å². The van der Waals surface area contributed by atoms with Crippen LogP contribution in [0, 0.1) is 18.3 Å². The predicted octanol–water partition coefficient (Wildman–Crippen LogP) is 2.64. The van der Waals surface area contributed by atoms with Gasteiger partial charge in [0.05, 0.1) is 12.2 Å². The molecule has 0 aliphatic carbocycles. The van der Waals surface area contributed by atoms with Crippen molar-refractivity contribution in [2.45, 2.75) is 6.92 Å². The van der Waals surface area contributed by atoms with Gasteiger partial charge in [-0.15, -0.1) is 0 Å². The Labute approximate surface area is 86.3 Å². The van der Waals surface area contributed by atoms with Gasteiger partial charge in [0.15, 0.2) is 0 Å². The highest BCUT2D eigenvalue weighted by Gasteiger charge is 2.04. The minimum absolute atomic E-state index is 0.583. The maximum Gasteiger partial charge on any atom is 0.139 e. The zero-order valence-electron chi connectivity index (χ0n) is 7.38. The highest BCUT2D eigenvalue weighted by molar-refractivity contribution is 9.09. The summed E-state index contributed by atoms with van der Waals surface area (Å²) in [6, 6.07) is 7.66. The molecule has 13 heavy (non-hydrogen) atoms. The molecule has 0 fully saturated rings. The van der Waals surface area contributed by atoms with Gasteiger partial charge < -0.3 is 4.74 Å². The fourth-order valence-corrected chi connectivity index (χ4v) is 1.23. The summed E-state index contributed by atoms with van der Waals surface area (Å²) in [6.45, 7) is 2.52. The van der Waals surface area contributed by atoms with E-state index in [0.29, 0.717) is 17.9 Å². The van der Waals surface area contributed by atoms with E-state index in [-0.39, 0.29) is 0 Å². The number of hydrogen-bond donors (Lipinski definition) is 0. The smallest absolute Gasteiger partial charge is 0.139 e. The van der Waals surface area contributed by atoms with Crippen LogP contribution in [0.4, 0.5) is 0 Å². The van der Waals surface area contributed by atoms with Crippen LogP contribution in [0.25, 0.3) is 0 Å². The second kappa shape index (κ2) is 4.88. The number of para-hydroxylation sites is 1. The van der Waals surface area contributed by atoms with E-state index in [2.05, 4.69) is 22.0 Å². The molecule has 0 amide bonds. The van der Waals surface area contributed by atoms with Crippen molar-refractivity contribution in [3.05, 3.63) is 29.3 Å². The summed E-state index contributed by atoms with van der Waals surface area (Å²) in [5, 5.41) is 9.57. The minimum atomic E-state index is 0.583. The first-order valence-corrected chi connectivity index (χ1v) is 5.10. The van der Waals surface area contributed by atoms with E-state index in [1.54, 1.807) is 6.07 Å². The van der Waals surface area contributed by atoms with Crippen molar-refractivity contribution in [3.63, 3.8) is 0 Å². The average molecular weight is 240 g/mol. The molecule has 0 aromatic heterocycles. The van der Waals surface area contributed by atoms with Crippen LogP contribution < -0.4 is 4.74 Å². The molecule has 0 heterocycles. The van der Waals surface area contributed by atoms with Crippen LogP contribution >= 0.6 is 15.9 Å². The lowest BCUT2D eigenvalue weighted by Crippen LogP contribution is -2.01. The van der Waals surface area contributed by atoms with Crippen LogP contribution in [0.15, 0.2) is 18.2 Å². The molecule has 3 heteroatoms. The van der Waals surface area contributed by atoms with Crippen molar-refractivity contribution >= 4 is 15.9 Å². The number of ether oxygens (including phenoxy) is 1. The first-order chi connectivity index (χ1) is 6.29. The van der Waals surface area contributed by atoms with Crippen LogP contribution in [0.1, 0.15) is 11.1 Å². The second-order valence-corrected chi connectivity index (χ2v) is 3.39. The van der Waals surface area contributed by atoms with Crippen LogP contribution in [0.3, 0.4) is 0 Å². The van der Waals surface area contributed by atoms with Gasteiger partial charge in [-0.05, 0) is 18.6 Å². The second-order valence-electron chi connectivity index (χ2n) is 2.60. The SMILES string of the molecule is Cc1cccc(C#N)c1OCCBr. The van der Waals surface area contributed by atoms with Gasteiger partial charge >= 0.3 is 0 Å². The Morgan fingerprint density at radius 3 is 2.92 bits per heavy atom. The zero-order chi connectivity index (χ0) is 9.68. The highest BCUT2D eigenvalue weighted by Crippen LogP contribution is 2.22. The topological polar surface area (TPSA) is 33.0 Å². The molecule has 68 valence electrons. The third-order valence-corrected chi connectivity index (χ3v) is 1.98. The molecule has 0 bridgehead atoms. The maximum atomic E-state index is 8.80. The monoisotopic (exact) mass is 239 g/mol. The Bertz CT molecular complexity index is 330. The van der Waals surface area contributed by atoms with Crippen LogP contribution in [-0.2, 0) is 0 Å². The van der Waals surface area contributed by atoms with Gasteiger partial charge in [-0.2, -0.15) is 5.26 Å². The van der Waals surface area contributed by atoms with Gasteiger partial charge in [-0.1, -0.05) is 28.1 Å². The number of alkyl halides is 1. The van der Waals surface area contributed by atoms with E-state index in [0.717, 1.165) is 10.9 Å². The molecule has 0 N–H and O–H groups in total. The lowest BCUT2D eigenvalue weighted by molar-refractivity contribution is 0.341. The Morgan fingerprint density at radius 2 is 2.31 bits per heavy atom. The predicted molar refractivity (Wildman–Crippen MR) is 55.2 cm³/mol. The van der Waals surface area contributed by atoms with Gasteiger partial charge in [-0.3, -0.25) is 0 Å². The third kappa shape index (κ3) is 2.46. The molecule has 0 atom stereocenters. The summed E-state index contributed by atoms with van der Waals surface area (Å²) in [4.78, 5) is 0. The van der Waals surface area contributed by atoms with E-state index in [4.69, 9.17) is 10.00 Å². The van der Waals surface area contributed by atoms with Gasteiger partial charge in [0, 0.05) is 5.33 Å². The third-order valence-electron chi connectivity index (χ3n) is 1.66. The van der Waals surface area contributed by atoms with E-state index in [1.165, 1.54) is 0 Å². The normalized spacial score (nSPS) is 9.31. The quantitative estimate of drug-likeness (QED) is 0.761. The number of nitriles is 1. The first kappa shape index (κ1) is 10.1. The molecule has 0 saturated carbocycles. The minimum Gasteiger partial charge on any atom is -0.491 e. The van der Waals surface area contributed by atoms with Crippen molar-refractivity contribution in [1.82, 2.24) is 0 Å². The fraction of sp³-hybridized carbons (Fsp3) is 0.300. The molecule has 1 rings (SSSR count). The van der Waals surface area contributed by atoms with Crippen LogP contribution in [0.5, 0.6) is 5.75 Å². The Balaban J connectivity index is 2.95. The summed E-state index contributed by atoms with van der Waals surface area (Å²) < 4.78 is 5.44. The molecule has 0 radical (unpaired) electrons. The zero-order valence-corrected chi connectivity index (χ0v) is 8.97. The van der Waals surface area contributed by atoms with Gasteiger partial charge in [0.25, 0.3) is 0 Å². The summed E-state index contributed by atoms with van der Waals surface area (Å²) >= 11 is 3.27. The molecular formula is C10H10BrNO. The Hall–Kier alpha value is -1.01. The van der Waals surface area contributed by atoms with Crippen LogP contribution in [0.2, 0.25) is 0 Å². The van der Waals surface area contributed by atoms with Crippen molar-refractivity contribution in [1.29, 1.82) is 5.26 Å². The maximum absolute atomic E-state index is 8.80. The molecule has 0 spiro atoms. The van der Waals surface area contributed by atoms with E-state index < -0.39 is 0 Å². The van der Waals surface area contributed by atoms with Crippen molar-refractivity contribution in [3.8, 4) is 11.8 Å². The first-order valence-electron chi connectivity index (χ1n) is 3.98. The largest absolute Gasteiger partial charge is 0.491 e. The summed E-state index contributed by atoms with van der Waals surface area (Å²) in [6.07, 6.45) is 0. The highest BCUT2D eigenvalue weighted by atomic mass is 79.9. The van der Waals surface area contributed by atoms with Crippen LogP contribution in [-0.4, -0.2) is 11.9 Å². The molecule has 1 aromatic carbocycles.